The monoisotopic (exact) mass is 250 g/mol. The van der Waals surface area contributed by atoms with Crippen molar-refractivity contribution >= 4 is 29.9 Å². The number of nitrogens with two attached hydrogens (primary N) is 1. The maximum atomic E-state index is 11.9. The van der Waals surface area contributed by atoms with Gasteiger partial charge in [-0.25, -0.2) is 0 Å². The maximum Gasteiger partial charge on any atom is 0.227 e. The second-order valence-corrected chi connectivity index (χ2v) is 5.12. The number of aryl methyl sites for hydroxylation is 2. The average Bonchev–Trinajstić information content (AvgIpc) is 2.65. The fraction of sp³-hybridized carbons (Fsp3) is 0.462. The highest BCUT2D eigenvalue weighted by molar-refractivity contribution is 7.80. The third-order valence-corrected chi connectivity index (χ3v) is 3.91. The molecule has 92 valence electrons. The molecule has 3 nitrogen and oxygen atoms in total. The van der Waals surface area contributed by atoms with Crippen LogP contribution in [-0.4, -0.2) is 18.2 Å². The molecule has 1 aromatic rings. The molecule has 0 saturated carbocycles. The topological polar surface area (TPSA) is 46.3 Å². The van der Waals surface area contributed by atoms with Gasteiger partial charge in [0.15, 0.2) is 0 Å². The Morgan fingerprint density at radius 1 is 1.41 bits per heavy atom. The van der Waals surface area contributed by atoms with E-state index in [0.29, 0.717) is 18.0 Å². The van der Waals surface area contributed by atoms with Crippen LogP contribution in [0.1, 0.15) is 17.5 Å². The standard InChI is InChI=1S/C13H18N2OS/c1-8-3-11(14)12(4-9(8)2)15-6-10(7-17)5-13(15)16/h3-4,10,17H,5-7,14H2,1-2H3. The fourth-order valence-electron chi connectivity index (χ4n) is 2.19. The zero-order chi connectivity index (χ0) is 12.6. The second kappa shape index (κ2) is 4.61. The highest BCUT2D eigenvalue weighted by Gasteiger charge is 2.30. The number of benzene rings is 1. The van der Waals surface area contributed by atoms with E-state index in [2.05, 4.69) is 12.6 Å². The number of anilines is 2. The Morgan fingerprint density at radius 3 is 2.65 bits per heavy atom. The van der Waals surface area contributed by atoms with Crippen LogP contribution in [0.25, 0.3) is 0 Å². The average molecular weight is 250 g/mol. The molecule has 0 bridgehead atoms. The molecule has 1 aliphatic rings. The van der Waals surface area contributed by atoms with Crippen molar-refractivity contribution in [3.05, 3.63) is 23.3 Å². The predicted octanol–water partition coefficient (Wildman–Crippen LogP) is 2.17. The van der Waals surface area contributed by atoms with Crippen LogP contribution in [0, 0.1) is 19.8 Å². The molecule has 1 saturated heterocycles. The van der Waals surface area contributed by atoms with Crippen molar-refractivity contribution in [1.29, 1.82) is 0 Å². The summed E-state index contributed by atoms with van der Waals surface area (Å²) >= 11 is 4.26. The normalized spacial score (nSPS) is 20.1. The van der Waals surface area contributed by atoms with E-state index < -0.39 is 0 Å². The highest BCUT2D eigenvalue weighted by Crippen LogP contribution is 2.32. The lowest BCUT2D eigenvalue weighted by Crippen LogP contribution is -2.25. The lowest BCUT2D eigenvalue weighted by atomic mass is 10.1. The third-order valence-electron chi connectivity index (χ3n) is 3.40. The molecule has 0 spiro atoms. The molecule has 1 amide bonds. The molecule has 2 rings (SSSR count). The Balaban J connectivity index is 2.35. The van der Waals surface area contributed by atoms with Crippen LogP contribution in [0.4, 0.5) is 11.4 Å². The van der Waals surface area contributed by atoms with Gasteiger partial charge in [-0.1, -0.05) is 0 Å². The summed E-state index contributed by atoms with van der Waals surface area (Å²) in [4.78, 5) is 13.7. The zero-order valence-corrected chi connectivity index (χ0v) is 11.1. The van der Waals surface area contributed by atoms with Crippen molar-refractivity contribution in [3.63, 3.8) is 0 Å². The van der Waals surface area contributed by atoms with Crippen LogP contribution in [0.3, 0.4) is 0 Å². The van der Waals surface area contributed by atoms with Gasteiger partial charge in [0, 0.05) is 13.0 Å². The molecule has 1 unspecified atom stereocenters. The largest absolute Gasteiger partial charge is 0.397 e. The lowest BCUT2D eigenvalue weighted by molar-refractivity contribution is -0.117. The summed E-state index contributed by atoms with van der Waals surface area (Å²) < 4.78 is 0. The first-order valence-electron chi connectivity index (χ1n) is 5.81. The SMILES string of the molecule is Cc1cc(N)c(N2CC(CS)CC2=O)cc1C. The van der Waals surface area contributed by atoms with Crippen LogP contribution in [-0.2, 0) is 4.79 Å². The number of hydrogen-bond donors (Lipinski definition) is 2. The molecular formula is C13H18N2OS. The summed E-state index contributed by atoms with van der Waals surface area (Å²) in [7, 11) is 0. The first-order valence-corrected chi connectivity index (χ1v) is 6.44. The summed E-state index contributed by atoms with van der Waals surface area (Å²) in [5.41, 5.74) is 9.86. The third kappa shape index (κ3) is 2.27. The molecule has 17 heavy (non-hydrogen) atoms. The van der Waals surface area contributed by atoms with Crippen molar-refractivity contribution in [2.45, 2.75) is 20.3 Å². The van der Waals surface area contributed by atoms with Gasteiger partial charge in [-0.2, -0.15) is 12.6 Å². The number of rotatable bonds is 2. The minimum Gasteiger partial charge on any atom is -0.397 e. The van der Waals surface area contributed by atoms with Crippen LogP contribution in [0.2, 0.25) is 0 Å². The van der Waals surface area contributed by atoms with E-state index in [0.717, 1.165) is 29.1 Å². The molecule has 0 aliphatic carbocycles. The number of amides is 1. The number of nitrogens with zero attached hydrogens (tertiary/aromatic N) is 1. The quantitative estimate of drug-likeness (QED) is 0.624. The van der Waals surface area contributed by atoms with E-state index in [-0.39, 0.29) is 5.91 Å². The molecule has 1 heterocycles. The number of hydrogen-bond acceptors (Lipinski definition) is 3. The molecule has 4 heteroatoms. The van der Waals surface area contributed by atoms with E-state index in [1.165, 1.54) is 0 Å². The fourth-order valence-corrected chi connectivity index (χ4v) is 2.44. The number of nitrogen functional groups attached to an aromatic ring is 1. The van der Waals surface area contributed by atoms with Crippen LogP contribution >= 0.6 is 12.6 Å². The molecule has 0 aromatic heterocycles. The Labute approximate surface area is 107 Å². The van der Waals surface area contributed by atoms with Crippen LogP contribution in [0.5, 0.6) is 0 Å². The molecule has 0 radical (unpaired) electrons. The molecule has 2 N–H and O–H groups in total. The van der Waals surface area contributed by atoms with Gasteiger partial charge in [-0.05, 0) is 48.8 Å². The number of carbonyl (C=O) groups excluding carboxylic acids is 1. The molecule has 1 aliphatic heterocycles. The zero-order valence-electron chi connectivity index (χ0n) is 10.2. The van der Waals surface area contributed by atoms with Crippen LogP contribution in [0.15, 0.2) is 12.1 Å². The summed E-state index contributed by atoms with van der Waals surface area (Å²) in [5.74, 6) is 1.23. The van der Waals surface area contributed by atoms with E-state index in [4.69, 9.17) is 5.73 Å². The van der Waals surface area contributed by atoms with Gasteiger partial charge >= 0.3 is 0 Å². The van der Waals surface area contributed by atoms with E-state index in [1.807, 2.05) is 26.0 Å². The summed E-state index contributed by atoms with van der Waals surface area (Å²) in [5, 5.41) is 0. The van der Waals surface area contributed by atoms with E-state index in [9.17, 15) is 4.79 Å². The molecule has 1 atom stereocenters. The summed E-state index contributed by atoms with van der Waals surface area (Å²) in [6, 6.07) is 3.94. The Bertz CT molecular complexity index is 459. The molecular weight excluding hydrogens is 232 g/mol. The first-order chi connectivity index (χ1) is 8.02. The number of carbonyl (C=O) groups is 1. The van der Waals surface area contributed by atoms with E-state index >= 15 is 0 Å². The summed E-state index contributed by atoms with van der Waals surface area (Å²) in [6.45, 7) is 4.79. The second-order valence-electron chi connectivity index (χ2n) is 4.75. The highest BCUT2D eigenvalue weighted by atomic mass is 32.1. The first kappa shape index (κ1) is 12.3. The van der Waals surface area contributed by atoms with Gasteiger partial charge in [0.05, 0.1) is 11.4 Å². The van der Waals surface area contributed by atoms with Gasteiger partial charge < -0.3 is 10.6 Å². The smallest absolute Gasteiger partial charge is 0.227 e. The minimum atomic E-state index is 0.152. The van der Waals surface area contributed by atoms with Gasteiger partial charge in [0.25, 0.3) is 0 Å². The van der Waals surface area contributed by atoms with Crippen molar-refractivity contribution < 1.29 is 4.79 Å². The maximum absolute atomic E-state index is 11.9. The Kier molecular flexibility index (Phi) is 3.33. The molecule has 1 fully saturated rings. The Hall–Kier alpha value is -1.16. The van der Waals surface area contributed by atoms with Gasteiger partial charge in [0.2, 0.25) is 5.91 Å². The van der Waals surface area contributed by atoms with Gasteiger partial charge in [-0.3, -0.25) is 4.79 Å². The van der Waals surface area contributed by atoms with Crippen molar-refractivity contribution in [2.75, 3.05) is 22.9 Å². The van der Waals surface area contributed by atoms with Gasteiger partial charge in [0.1, 0.15) is 0 Å². The van der Waals surface area contributed by atoms with Crippen molar-refractivity contribution in [1.82, 2.24) is 0 Å². The molecule has 1 aromatic carbocycles. The minimum absolute atomic E-state index is 0.152. The Morgan fingerprint density at radius 2 is 2.06 bits per heavy atom. The van der Waals surface area contributed by atoms with E-state index in [1.54, 1.807) is 4.90 Å². The van der Waals surface area contributed by atoms with Crippen LogP contribution < -0.4 is 10.6 Å². The predicted molar refractivity (Wildman–Crippen MR) is 74.6 cm³/mol. The lowest BCUT2D eigenvalue weighted by Gasteiger charge is -2.20. The summed E-state index contributed by atoms with van der Waals surface area (Å²) in [6.07, 6.45) is 0.579. The van der Waals surface area contributed by atoms with Crippen molar-refractivity contribution in [3.8, 4) is 0 Å². The van der Waals surface area contributed by atoms with Gasteiger partial charge in [-0.15, -0.1) is 0 Å². The number of thiol groups is 1. The van der Waals surface area contributed by atoms with Crippen molar-refractivity contribution in [2.24, 2.45) is 5.92 Å².